The lowest BCUT2D eigenvalue weighted by atomic mass is 10.7. The summed E-state index contributed by atoms with van der Waals surface area (Å²) in [6.45, 7) is 2.48. The molecule has 1 heterocycles. The number of carbonyl (C=O) groups is 1. The third kappa shape index (κ3) is 2.55. The molecule has 0 aromatic carbocycles. The summed E-state index contributed by atoms with van der Waals surface area (Å²) in [5.41, 5.74) is 1.67. The topological polar surface area (TPSA) is 54.0 Å². The maximum atomic E-state index is 10.9. The van der Waals surface area contributed by atoms with Crippen molar-refractivity contribution in [3.05, 3.63) is 10.9 Å². The van der Waals surface area contributed by atoms with Gasteiger partial charge in [-0.15, -0.1) is 11.3 Å². The normalized spacial score (nSPS) is 9.18. The quantitative estimate of drug-likeness (QED) is 0.704. The number of anilines is 1. The molecular formula is C6H9N3OS. The molecule has 0 saturated heterocycles. The van der Waals surface area contributed by atoms with Gasteiger partial charge >= 0.3 is 6.03 Å². The van der Waals surface area contributed by atoms with Gasteiger partial charge in [-0.25, -0.2) is 9.78 Å². The van der Waals surface area contributed by atoms with Crippen molar-refractivity contribution < 1.29 is 4.79 Å². The second-order valence-electron chi connectivity index (χ2n) is 1.86. The van der Waals surface area contributed by atoms with Gasteiger partial charge in [-0.2, -0.15) is 0 Å². The molecule has 60 valence electrons. The third-order valence-corrected chi connectivity index (χ3v) is 1.60. The minimum atomic E-state index is -0.210. The first kappa shape index (κ1) is 8.00. The summed E-state index contributed by atoms with van der Waals surface area (Å²) in [6.07, 6.45) is 0. The van der Waals surface area contributed by atoms with Crippen LogP contribution in [0.4, 0.5) is 10.6 Å². The first-order chi connectivity index (χ1) is 5.33. The monoisotopic (exact) mass is 171 g/mol. The van der Waals surface area contributed by atoms with E-state index in [0.717, 1.165) is 0 Å². The Morgan fingerprint density at radius 2 is 2.64 bits per heavy atom. The molecule has 0 spiro atoms. The van der Waals surface area contributed by atoms with Gasteiger partial charge in [0.25, 0.3) is 0 Å². The van der Waals surface area contributed by atoms with E-state index in [2.05, 4.69) is 15.6 Å². The lowest BCUT2D eigenvalue weighted by Crippen LogP contribution is -2.28. The summed E-state index contributed by atoms with van der Waals surface area (Å²) in [6, 6.07) is -0.210. The number of carbonyl (C=O) groups excluding carboxylic acids is 1. The van der Waals surface area contributed by atoms with Gasteiger partial charge in [-0.05, 0) is 6.92 Å². The molecule has 0 radical (unpaired) electrons. The number of hydrogen-bond donors (Lipinski definition) is 2. The molecule has 2 amide bonds. The van der Waals surface area contributed by atoms with Crippen LogP contribution in [0.2, 0.25) is 0 Å². The van der Waals surface area contributed by atoms with E-state index in [9.17, 15) is 4.79 Å². The Labute approximate surface area is 68.6 Å². The van der Waals surface area contributed by atoms with Crippen LogP contribution in [0.15, 0.2) is 10.9 Å². The molecule has 0 aliphatic heterocycles. The van der Waals surface area contributed by atoms with Crippen molar-refractivity contribution in [3.63, 3.8) is 0 Å². The highest BCUT2D eigenvalue weighted by atomic mass is 32.1. The van der Waals surface area contributed by atoms with Crippen molar-refractivity contribution in [1.82, 2.24) is 10.3 Å². The zero-order chi connectivity index (χ0) is 8.10. The van der Waals surface area contributed by atoms with Crippen molar-refractivity contribution in [2.45, 2.75) is 6.92 Å². The molecule has 0 atom stereocenters. The van der Waals surface area contributed by atoms with E-state index in [-0.39, 0.29) is 6.03 Å². The minimum Gasteiger partial charge on any atom is -0.338 e. The third-order valence-electron chi connectivity index (χ3n) is 1.01. The molecule has 0 saturated carbocycles. The van der Waals surface area contributed by atoms with E-state index < -0.39 is 0 Å². The second kappa shape index (κ2) is 3.92. The fraction of sp³-hybridized carbons (Fsp3) is 0.333. The van der Waals surface area contributed by atoms with E-state index in [0.29, 0.717) is 12.4 Å². The zero-order valence-corrected chi connectivity index (χ0v) is 6.94. The Hall–Kier alpha value is -1.10. The van der Waals surface area contributed by atoms with Gasteiger partial charge in [0.15, 0.2) is 0 Å². The number of nitrogens with one attached hydrogen (secondary N) is 2. The fourth-order valence-electron chi connectivity index (χ4n) is 0.595. The highest BCUT2D eigenvalue weighted by molar-refractivity contribution is 7.07. The number of thiazole rings is 1. The van der Waals surface area contributed by atoms with Gasteiger partial charge in [-0.1, -0.05) is 0 Å². The molecule has 4 nitrogen and oxygen atoms in total. The van der Waals surface area contributed by atoms with Crippen molar-refractivity contribution >= 4 is 23.2 Å². The van der Waals surface area contributed by atoms with Crippen LogP contribution in [0.25, 0.3) is 0 Å². The van der Waals surface area contributed by atoms with E-state index >= 15 is 0 Å². The standard InChI is InChI=1S/C6H9N3OS/c1-2-7-6(10)9-5-3-11-4-8-5/h3-4H,2H2,1H3,(H2,7,9,10). The summed E-state index contributed by atoms with van der Waals surface area (Å²) in [5.74, 6) is 0.598. The molecule has 1 aromatic rings. The van der Waals surface area contributed by atoms with E-state index in [1.54, 1.807) is 10.9 Å². The maximum absolute atomic E-state index is 10.9. The average Bonchev–Trinajstić information content (AvgIpc) is 2.40. The number of urea groups is 1. The lowest BCUT2D eigenvalue weighted by molar-refractivity contribution is 0.252. The van der Waals surface area contributed by atoms with Crippen LogP contribution >= 0.6 is 11.3 Å². The predicted molar refractivity (Wildman–Crippen MR) is 44.8 cm³/mol. The number of hydrogen-bond acceptors (Lipinski definition) is 3. The smallest absolute Gasteiger partial charge is 0.320 e. The van der Waals surface area contributed by atoms with Gasteiger partial charge in [0.2, 0.25) is 0 Å². The summed E-state index contributed by atoms with van der Waals surface area (Å²) in [7, 11) is 0. The van der Waals surface area contributed by atoms with Crippen molar-refractivity contribution in [1.29, 1.82) is 0 Å². The SMILES string of the molecule is CCNC(=O)Nc1cscn1. The van der Waals surface area contributed by atoms with Gasteiger partial charge in [0.1, 0.15) is 5.82 Å². The van der Waals surface area contributed by atoms with Crippen LogP contribution in [0.5, 0.6) is 0 Å². The fourth-order valence-corrected chi connectivity index (χ4v) is 1.08. The molecule has 5 heteroatoms. The van der Waals surface area contributed by atoms with Gasteiger partial charge < -0.3 is 5.32 Å². The lowest BCUT2D eigenvalue weighted by Gasteiger charge is -2.00. The van der Waals surface area contributed by atoms with E-state index in [1.807, 2.05) is 6.92 Å². The highest BCUT2D eigenvalue weighted by Gasteiger charge is 1.98. The van der Waals surface area contributed by atoms with Gasteiger partial charge in [0.05, 0.1) is 5.51 Å². The van der Waals surface area contributed by atoms with E-state index in [4.69, 9.17) is 0 Å². The molecule has 2 N–H and O–H groups in total. The molecule has 1 aromatic heterocycles. The van der Waals surface area contributed by atoms with Crippen molar-refractivity contribution in [3.8, 4) is 0 Å². The average molecular weight is 171 g/mol. The Kier molecular flexibility index (Phi) is 2.85. The molecule has 0 aliphatic rings. The van der Waals surface area contributed by atoms with Gasteiger partial charge in [0, 0.05) is 11.9 Å². The van der Waals surface area contributed by atoms with Crippen LogP contribution < -0.4 is 10.6 Å². The number of nitrogens with zero attached hydrogens (tertiary/aromatic N) is 1. The minimum absolute atomic E-state index is 0.210. The summed E-state index contributed by atoms with van der Waals surface area (Å²) in [5, 5.41) is 6.94. The first-order valence-corrected chi connectivity index (χ1v) is 4.20. The van der Waals surface area contributed by atoms with Crippen LogP contribution in [0, 0.1) is 0 Å². The highest BCUT2D eigenvalue weighted by Crippen LogP contribution is 2.05. The predicted octanol–water partition coefficient (Wildman–Crippen LogP) is 1.28. The zero-order valence-electron chi connectivity index (χ0n) is 6.13. The summed E-state index contributed by atoms with van der Waals surface area (Å²) >= 11 is 1.45. The molecule has 0 bridgehead atoms. The van der Waals surface area contributed by atoms with E-state index in [1.165, 1.54) is 11.3 Å². The van der Waals surface area contributed by atoms with Crippen molar-refractivity contribution in [2.24, 2.45) is 0 Å². The molecule has 0 aliphatic carbocycles. The molecule has 0 unspecified atom stereocenters. The molecular weight excluding hydrogens is 162 g/mol. The summed E-state index contributed by atoms with van der Waals surface area (Å²) < 4.78 is 0. The number of amides is 2. The Bertz CT molecular complexity index is 222. The largest absolute Gasteiger partial charge is 0.338 e. The summed E-state index contributed by atoms with van der Waals surface area (Å²) in [4.78, 5) is 14.7. The van der Waals surface area contributed by atoms with Crippen LogP contribution in [-0.4, -0.2) is 17.6 Å². The Morgan fingerprint density at radius 3 is 3.18 bits per heavy atom. The number of aromatic nitrogens is 1. The Balaban J connectivity index is 2.37. The molecule has 11 heavy (non-hydrogen) atoms. The van der Waals surface area contributed by atoms with Crippen LogP contribution in [-0.2, 0) is 0 Å². The molecule has 0 fully saturated rings. The first-order valence-electron chi connectivity index (χ1n) is 3.26. The molecule has 1 rings (SSSR count). The number of rotatable bonds is 2. The van der Waals surface area contributed by atoms with Crippen LogP contribution in [0.1, 0.15) is 6.92 Å². The van der Waals surface area contributed by atoms with Crippen LogP contribution in [0.3, 0.4) is 0 Å². The second-order valence-corrected chi connectivity index (χ2v) is 2.58. The Morgan fingerprint density at radius 1 is 1.82 bits per heavy atom. The maximum Gasteiger partial charge on any atom is 0.320 e. The van der Waals surface area contributed by atoms with Gasteiger partial charge in [-0.3, -0.25) is 5.32 Å². The van der Waals surface area contributed by atoms with Crippen molar-refractivity contribution in [2.75, 3.05) is 11.9 Å².